The summed E-state index contributed by atoms with van der Waals surface area (Å²) in [6.45, 7) is 5.96. The van der Waals surface area contributed by atoms with Crippen molar-refractivity contribution in [3.63, 3.8) is 0 Å². The Kier molecular flexibility index (Phi) is 4.49. The van der Waals surface area contributed by atoms with Gasteiger partial charge in [-0.2, -0.15) is 4.39 Å². The van der Waals surface area contributed by atoms with Crippen molar-refractivity contribution in [2.24, 2.45) is 0 Å². The third-order valence-corrected chi connectivity index (χ3v) is 2.37. The first-order valence-electron chi connectivity index (χ1n) is 5.16. The summed E-state index contributed by atoms with van der Waals surface area (Å²) in [6, 6.07) is 5.27. The van der Waals surface area contributed by atoms with Gasteiger partial charge in [0.05, 0.1) is 0 Å². The van der Waals surface area contributed by atoms with Gasteiger partial charge in [0.25, 0.3) is 0 Å². The molecule has 0 amide bonds. The van der Waals surface area contributed by atoms with Crippen LogP contribution in [-0.4, -0.2) is 36.1 Å². The van der Waals surface area contributed by atoms with Gasteiger partial charge in [-0.25, -0.2) is 4.98 Å². The van der Waals surface area contributed by atoms with Gasteiger partial charge in [0.2, 0.25) is 5.95 Å². The lowest BCUT2D eigenvalue weighted by Crippen LogP contribution is -2.31. The number of pyridine rings is 1. The Bertz CT molecular complexity index is 302. The van der Waals surface area contributed by atoms with Crippen LogP contribution in [-0.2, 0) is 0 Å². The lowest BCUT2D eigenvalue weighted by Gasteiger charge is -2.20. The standard InChI is InChI=1S/C11H18FN3/c1-9(2)15(3)8-7-13-11-6-4-5-10(12)14-11/h4-6,9H,7-8H2,1-3H3,(H,13,14). The first-order valence-corrected chi connectivity index (χ1v) is 5.16. The van der Waals surface area contributed by atoms with E-state index in [9.17, 15) is 4.39 Å². The molecule has 0 aliphatic heterocycles. The van der Waals surface area contributed by atoms with Crippen molar-refractivity contribution in [1.82, 2.24) is 9.88 Å². The van der Waals surface area contributed by atoms with E-state index in [2.05, 4.69) is 36.1 Å². The Labute approximate surface area is 90.3 Å². The molecule has 84 valence electrons. The van der Waals surface area contributed by atoms with Crippen LogP contribution in [0.3, 0.4) is 0 Å². The zero-order valence-electron chi connectivity index (χ0n) is 9.50. The summed E-state index contributed by atoms with van der Waals surface area (Å²) < 4.78 is 12.7. The minimum atomic E-state index is -0.447. The molecule has 0 spiro atoms. The van der Waals surface area contributed by atoms with Crippen molar-refractivity contribution in [2.75, 3.05) is 25.5 Å². The molecule has 0 aliphatic rings. The lowest BCUT2D eigenvalue weighted by molar-refractivity contribution is 0.284. The molecular formula is C11H18FN3. The average Bonchev–Trinajstić information content (AvgIpc) is 2.17. The normalized spacial score (nSPS) is 11.1. The predicted molar refractivity (Wildman–Crippen MR) is 60.5 cm³/mol. The SMILES string of the molecule is CC(C)N(C)CCNc1cccc(F)n1. The second-order valence-electron chi connectivity index (χ2n) is 3.85. The van der Waals surface area contributed by atoms with Crippen molar-refractivity contribution in [1.29, 1.82) is 0 Å². The molecule has 0 unspecified atom stereocenters. The van der Waals surface area contributed by atoms with Crippen molar-refractivity contribution in [3.8, 4) is 0 Å². The van der Waals surface area contributed by atoms with Crippen molar-refractivity contribution >= 4 is 5.82 Å². The van der Waals surface area contributed by atoms with E-state index in [0.29, 0.717) is 11.9 Å². The highest BCUT2D eigenvalue weighted by Gasteiger charge is 2.02. The van der Waals surface area contributed by atoms with Gasteiger partial charge in [0.15, 0.2) is 0 Å². The number of nitrogens with one attached hydrogen (secondary N) is 1. The maximum absolute atomic E-state index is 12.7. The van der Waals surface area contributed by atoms with Crippen LogP contribution in [0.1, 0.15) is 13.8 Å². The van der Waals surface area contributed by atoms with E-state index < -0.39 is 5.95 Å². The molecule has 1 aromatic heterocycles. The van der Waals surface area contributed by atoms with Crippen molar-refractivity contribution < 1.29 is 4.39 Å². The van der Waals surface area contributed by atoms with Gasteiger partial charge in [0.1, 0.15) is 5.82 Å². The van der Waals surface area contributed by atoms with Crippen LogP contribution in [0, 0.1) is 5.95 Å². The zero-order chi connectivity index (χ0) is 11.3. The quantitative estimate of drug-likeness (QED) is 0.755. The first kappa shape index (κ1) is 11.9. The topological polar surface area (TPSA) is 28.2 Å². The fraction of sp³-hybridized carbons (Fsp3) is 0.545. The van der Waals surface area contributed by atoms with Gasteiger partial charge in [-0.1, -0.05) is 6.07 Å². The highest BCUT2D eigenvalue weighted by molar-refractivity contribution is 5.33. The molecule has 1 heterocycles. The smallest absolute Gasteiger partial charge is 0.214 e. The van der Waals surface area contributed by atoms with E-state index in [-0.39, 0.29) is 0 Å². The molecular weight excluding hydrogens is 193 g/mol. The summed E-state index contributed by atoms with van der Waals surface area (Å²) in [5.41, 5.74) is 0. The summed E-state index contributed by atoms with van der Waals surface area (Å²) in [6.07, 6.45) is 0. The minimum absolute atomic E-state index is 0.447. The molecule has 4 heteroatoms. The molecule has 1 N–H and O–H groups in total. The summed E-state index contributed by atoms with van der Waals surface area (Å²) in [7, 11) is 2.06. The Morgan fingerprint density at radius 1 is 1.47 bits per heavy atom. The number of halogens is 1. The second kappa shape index (κ2) is 5.66. The summed E-state index contributed by atoms with van der Waals surface area (Å²) >= 11 is 0. The predicted octanol–water partition coefficient (Wildman–Crippen LogP) is 1.97. The molecule has 0 aliphatic carbocycles. The second-order valence-corrected chi connectivity index (χ2v) is 3.85. The highest BCUT2D eigenvalue weighted by Crippen LogP contribution is 2.02. The molecule has 0 saturated carbocycles. The largest absolute Gasteiger partial charge is 0.369 e. The first-order chi connectivity index (χ1) is 7.09. The lowest BCUT2D eigenvalue weighted by atomic mass is 10.3. The van der Waals surface area contributed by atoms with E-state index in [1.165, 1.54) is 6.07 Å². The molecule has 15 heavy (non-hydrogen) atoms. The highest BCUT2D eigenvalue weighted by atomic mass is 19.1. The zero-order valence-corrected chi connectivity index (χ0v) is 9.50. The van der Waals surface area contributed by atoms with Crippen LogP contribution < -0.4 is 5.32 Å². The number of hydrogen-bond acceptors (Lipinski definition) is 3. The molecule has 0 aromatic carbocycles. The molecule has 0 atom stereocenters. The molecule has 0 bridgehead atoms. The van der Waals surface area contributed by atoms with Crippen LogP contribution in [0.25, 0.3) is 0 Å². The molecule has 1 rings (SSSR count). The number of nitrogens with zero attached hydrogens (tertiary/aromatic N) is 2. The van der Waals surface area contributed by atoms with Gasteiger partial charge >= 0.3 is 0 Å². The van der Waals surface area contributed by atoms with Crippen LogP contribution in [0.4, 0.5) is 10.2 Å². The van der Waals surface area contributed by atoms with E-state index in [4.69, 9.17) is 0 Å². The Balaban J connectivity index is 2.32. The van der Waals surface area contributed by atoms with Crippen molar-refractivity contribution in [3.05, 3.63) is 24.1 Å². The molecule has 3 nitrogen and oxygen atoms in total. The third kappa shape index (κ3) is 4.25. The Hall–Kier alpha value is -1.16. The van der Waals surface area contributed by atoms with Gasteiger partial charge < -0.3 is 10.2 Å². The molecule has 0 saturated heterocycles. The van der Waals surface area contributed by atoms with E-state index in [0.717, 1.165) is 13.1 Å². The van der Waals surface area contributed by atoms with Crippen molar-refractivity contribution in [2.45, 2.75) is 19.9 Å². The van der Waals surface area contributed by atoms with Crippen LogP contribution in [0.5, 0.6) is 0 Å². The van der Waals surface area contributed by atoms with Gasteiger partial charge in [0, 0.05) is 19.1 Å². The summed E-state index contributed by atoms with van der Waals surface area (Å²) in [5.74, 6) is 0.143. The van der Waals surface area contributed by atoms with Crippen LogP contribution in [0.2, 0.25) is 0 Å². The fourth-order valence-corrected chi connectivity index (χ4v) is 1.13. The minimum Gasteiger partial charge on any atom is -0.369 e. The molecule has 0 radical (unpaired) electrons. The number of anilines is 1. The van der Waals surface area contributed by atoms with Gasteiger partial charge in [-0.05, 0) is 33.0 Å². The maximum atomic E-state index is 12.7. The van der Waals surface area contributed by atoms with Crippen LogP contribution in [0.15, 0.2) is 18.2 Å². The third-order valence-electron chi connectivity index (χ3n) is 2.37. The van der Waals surface area contributed by atoms with Gasteiger partial charge in [-0.3, -0.25) is 0 Å². The van der Waals surface area contributed by atoms with Gasteiger partial charge in [-0.15, -0.1) is 0 Å². The van der Waals surface area contributed by atoms with E-state index >= 15 is 0 Å². The number of aromatic nitrogens is 1. The average molecular weight is 211 g/mol. The fourth-order valence-electron chi connectivity index (χ4n) is 1.13. The van der Waals surface area contributed by atoms with E-state index in [1.807, 2.05) is 0 Å². The Morgan fingerprint density at radius 3 is 2.80 bits per heavy atom. The summed E-state index contributed by atoms with van der Waals surface area (Å²) in [4.78, 5) is 5.93. The molecule has 1 aromatic rings. The molecule has 0 fully saturated rings. The van der Waals surface area contributed by atoms with Crippen LogP contribution >= 0.6 is 0 Å². The number of hydrogen-bond donors (Lipinski definition) is 1. The summed E-state index contributed by atoms with van der Waals surface area (Å²) in [5, 5.41) is 3.08. The van der Waals surface area contributed by atoms with E-state index in [1.54, 1.807) is 12.1 Å². The number of likely N-dealkylation sites (N-methyl/N-ethyl adjacent to an activating group) is 1. The maximum Gasteiger partial charge on any atom is 0.214 e. The Morgan fingerprint density at radius 2 is 2.20 bits per heavy atom. The monoisotopic (exact) mass is 211 g/mol. The number of rotatable bonds is 5.